The Balaban J connectivity index is 2.03. The van der Waals surface area contributed by atoms with Crippen LogP contribution in [0.1, 0.15) is 23.0 Å². The Labute approximate surface area is 109 Å². The van der Waals surface area contributed by atoms with Crippen molar-refractivity contribution in [2.24, 2.45) is 0 Å². The number of nitrogens with zero attached hydrogens (tertiary/aromatic N) is 2. The molecule has 5 nitrogen and oxygen atoms in total. The Morgan fingerprint density at radius 3 is 3.11 bits per heavy atom. The van der Waals surface area contributed by atoms with Crippen molar-refractivity contribution < 1.29 is 9.32 Å². The van der Waals surface area contributed by atoms with Crippen LogP contribution in [0.2, 0.25) is 0 Å². The van der Waals surface area contributed by atoms with Crippen molar-refractivity contribution in [3.05, 3.63) is 41.9 Å². The van der Waals surface area contributed by atoms with Crippen molar-refractivity contribution in [2.75, 3.05) is 11.1 Å². The van der Waals surface area contributed by atoms with Crippen LogP contribution in [0.15, 0.2) is 35.2 Å². The van der Waals surface area contributed by atoms with Crippen LogP contribution in [0.4, 0.5) is 5.82 Å². The van der Waals surface area contributed by atoms with Gasteiger partial charge in [-0.1, -0.05) is 12.1 Å². The van der Waals surface area contributed by atoms with Crippen LogP contribution in [0.3, 0.4) is 0 Å². The summed E-state index contributed by atoms with van der Waals surface area (Å²) in [5.74, 6) is 2.17. The maximum absolute atomic E-state index is 11.7. The third-order valence-corrected chi connectivity index (χ3v) is 3.15. The van der Waals surface area contributed by atoms with Crippen molar-refractivity contribution in [2.45, 2.75) is 12.7 Å². The number of carbonyl (C=O) groups is 1. The molecule has 0 atom stereocenters. The van der Waals surface area contributed by atoms with Gasteiger partial charge in [0.25, 0.3) is 5.91 Å². The fourth-order valence-corrected chi connectivity index (χ4v) is 1.98. The molecule has 1 amide bonds. The second-order valence-electron chi connectivity index (χ2n) is 3.53. The summed E-state index contributed by atoms with van der Waals surface area (Å²) in [6.07, 6.45) is 3.04. The molecule has 1 N–H and O–H groups in total. The maximum Gasteiger partial charge on any atom is 0.278 e. The number of thioether (sulfide) groups is 1. The van der Waals surface area contributed by atoms with E-state index in [1.807, 2.05) is 23.9 Å². The molecule has 18 heavy (non-hydrogen) atoms. The van der Waals surface area contributed by atoms with Crippen LogP contribution in [0.25, 0.3) is 0 Å². The summed E-state index contributed by atoms with van der Waals surface area (Å²) in [7, 11) is 0. The average Bonchev–Trinajstić information content (AvgIpc) is 2.91. The van der Waals surface area contributed by atoms with E-state index in [9.17, 15) is 4.79 Å². The number of amides is 1. The lowest BCUT2D eigenvalue weighted by molar-refractivity contribution is 0.101. The fourth-order valence-electron chi connectivity index (χ4n) is 1.36. The zero-order chi connectivity index (χ0) is 12.8. The monoisotopic (exact) mass is 263 g/mol. The summed E-state index contributed by atoms with van der Waals surface area (Å²) in [5.41, 5.74) is 1.37. The van der Waals surface area contributed by atoms with Gasteiger partial charge in [-0.15, -0.1) is 0 Å². The van der Waals surface area contributed by atoms with E-state index in [0.717, 1.165) is 17.1 Å². The average molecular weight is 263 g/mol. The highest BCUT2D eigenvalue weighted by Gasteiger charge is 2.09. The molecule has 0 fully saturated rings. The van der Waals surface area contributed by atoms with Crippen LogP contribution in [-0.2, 0) is 5.75 Å². The van der Waals surface area contributed by atoms with Gasteiger partial charge in [0, 0.05) is 18.0 Å². The minimum absolute atomic E-state index is 0.241. The van der Waals surface area contributed by atoms with Gasteiger partial charge in [-0.2, -0.15) is 11.8 Å². The molecule has 2 aromatic heterocycles. The highest BCUT2D eigenvalue weighted by Crippen LogP contribution is 2.14. The molecule has 0 aromatic carbocycles. The molecular weight excluding hydrogens is 250 g/mol. The van der Waals surface area contributed by atoms with Crippen LogP contribution in [-0.4, -0.2) is 21.8 Å². The second-order valence-corrected chi connectivity index (χ2v) is 4.80. The molecule has 0 saturated carbocycles. The highest BCUT2D eigenvalue weighted by molar-refractivity contribution is 7.98. The van der Waals surface area contributed by atoms with E-state index in [-0.39, 0.29) is 11.6 Å². The van der Waals surface area contributed by atoms with Gasteiger partial charge in [0.1, 0.15) is 12.1 Å². The smallest absolute Gasteiger partial charge is 0.278 e. The summed E-state index contributed by atoms with van der Waals surface area (Å²) in [4.78, 5) is 15.8. The minimum atomic E-state index is -0.323. The first-order chi connectivity index (χ1) is 8.79. The highest BCUT2D eigenvalue weighted by atomic mass is 32.2. The van der Waals surface area contributed by atoms with Gasteiger partial charge in [-0.3, -0.25) is 4.79 Å². The summed E-state index contributed by atoms with van der Waals surface area (Å²) in [6.45, 7) is 2.11. The Hall–Kier alpha value is -1.82. The first kappa shape index (κ1) is 12.6. The predicted octanol–water partition coefficient (Wildman–Crippen LogP) is 2.58. The van der Waals surface area contributed by atoms with Gasteiger partial charge < -0.3 is 9.84 Å². The lowest BCUT2D eigenvalue weighted by Crippen LogP contribution is -2.13. The van der Waals surface area contributed by atoms with Gasteiger partial charge in [0.05, 0.1) is 0 Å². The topological polar surface area (TPSA) is 68.0 Å². The first-order valence-electron chi connectivity index (χ1n) is 5.54. The molecule has 0 aliphatic heterocycles. The van der Waals surface area contributed by atoms with E-state index in [0.29, 0.717) is 5.82 Å². The zero-order valence-corrected chi connectivity index (χ0v) is 10.7. The third kappa shape index (κ3) is 3.33. The van der Waals surface area contributed by atoms with Gasteiger partial charge in [0.2, 0.25) is 0 Å². The molecule has 0 spiro atoms. The van der Waals surface area contributed by atoms with Crippen LogP contribution >= 0.6 is 11.8 Å². The Morgan fingerprint density at radius 2 is 2.39 bits per heavy atom. The molecule has 0 radical (unpaired) electrons. The van der Waals surface area contributed by atoms with Crippen LogP contribution in [0.5, 0.6) is 0 Å². The molecule has 2 rings (SSSR count). The van der Waals surface area contributed by atoms with Crippen LogP contribution < -0.4 is 5.32 Å². The summed E-state index contributed by atoms with van der Waals surface area (Å²) < 4.78 is 4.62. The van der Waals surface area contributed by atoms with Crippen molar-refractivity contribution >= 4 is 23.5 Å². The largest absolute Gasteiger partial charge is 0.364 e. The summed E-state index contributed by atoms with van der Waals surface area (Å²) >= 11 is 1.82. The number of hydrogen-bond donors (Lipinski definition) is 1. The molecule has 0 aliphatic rings. The van der Waals surface area contributed by atoms with E-state index >= 15 is 0 Å². The molecular formula is C12H13N3O2S. The quantitative estimate of drug-likeness (QED) is 0.898. The van der Waals surface area contributed by atoms with Crippen LogP contribution in [0, 0.1) is 0 Å². The number of aromatic nitrogens is 2. The molecule has 94 valence electrons. The van der Waals surface area contributed by atoms with Gasteiger partial charge in [-0.25, -0.2) is 4.98 Å². The molecule has 2 aromatic rings. The molecule has 2 heterocycles. The van der Waals surface area contributed by atoms with E-state index in [1.165, 1.54) is 12.3 Å². The Morgan fingerprint density at radius 1 is 1.50 bits per heavy atom. The van der Waals surface area contributed by atoms with E-state index in [1.54, 1.807) is 6.20 Å². The molecule has 0 saturated heterocycles. The van der Waals surface area contributed by atoms with Gasteiger partial charge in [0.15, 0.2) is 5.69 Å². The van der Waals surface area contributed by atoms with E-state index < -0.39 is 0 Å². The number of nitrogens with one attached hydrogen (secondary N) is 1. The van der Waals surface area contributed by atoms with Crippen molar-refractivity contribution in [3.63, 3.8) is 0 Å². The summed E-state index contributed by atoms with van der Waals surface area (Å²) in [6, 6.07) is 5.31. The molecule has 0 unspecified atom stereocenters. The number of anilines is 1. The third-order valence-electron chi connectivity index (χ3n) is 2.21. The lowest BCUT2D eigenvalue weighted by Gasteiger charge is -2.04. The molecule has 0 bridgehead atoms. The summed E-state index contributed by atoms with van der Waals surface area (Å²) in [5, 5.41) is 6.24. The number of pyridine rings is 1. The van der Waals surface area contributed by atoms with Crippen molar-refractivity contribution in [3.8, 4) is 0 Å². The number of hydrogen-bond acceptors (Lipinski definition) is 5. The molecule has 0 aliphatic carbocycles. The van der Waals surface area contributed by atoms with Crippen molar-refractivity contribution in [1.82, 2.24) is 10.1 Å². The zero-order valence-electron chi connectivity index (χ0n) is 9.92. The van der Waals surface area contributed by atoms with Gasteiger partial charge >= 0.3 is 0 Å². The predicted molar refractivity (Wildman–Crippen MR) is 70.5 cm³/mol. The standard InChI is InChI=1S/C12H13N3O2S/c1-2-18-8-9-3-5-13-11(7-9)14-12(16)10-4-6-17-15-10/h3-7H,2,8H2,1H3,(H,13,14,16). The molecule has 6 heteroatoms. The maximum atomic E-state index is 11.7. The first-order valence-corrected chi connectivity index (χ1v) is 6.69. The lowest BCUT2D eigenvalue weighted by atomic mass is 10.3. The number of rotatable bonds is 5. The normalized spacial score (nSPS) is 10.3. The van der Waals surface area contributed by atoms with E-state index in [2.05, 4.69) is 26.9 Å². The van der Waals surface area contributed by atoms with E-state index in [4.69, 9.17) is 0 Å². The second kappa shape index (κ2) is 6.20. The van der Waals surface area contributed by atoms with Gasteiger partial charge in [-0.05, 0) is 23.4 Å². The fraction of sp³-hybridized carbons (Fsp3) is 0.250. The van der Waals surface area contributed by atoms with Crippen molar-refractivity contribution in [1.29, 1.82) is 0 Å². The SMILES string of the molecule is CCSCc1ccnc(NC(=O)c2ccon2)c1. The Kier molecular flexibility index (Phi) is 4.35. The Bertz CT molecular complexity index is 514. The minimum Gasteiger partial charge on any atom is -0.364 e. The number of carbonyl (C=O) groups excluding carboxylic acids is 1.